The summed E-state index contributed by atoms with van der Waals surface area (Å²) in [7, 11) is 0. The molecule has 0 radical (unpaired) electrons. The normalized spacial score (nSPS) is 23.2. The highest BCUT2D eigenvalue weighted by Gasteiger charge is 2.37. The molecule has 0 spiro atoms. The second-order valence-corrected chi connectivity index (χ2v) is 5.33. The molecule has 1 aromatic rings. The van der Waals surface area contributed by atoms with Gasteiger partial charge in [-0.3, -0.25) is 10.1 Å². The zero-order chi connectivity index (χ0) is 14.0. The molecule has 100 valence electrons. The number of aliphatic hydroxyl groups excluding tert-OH is 1. The van der Waals surface area contributed by atoms with Gasteiger partial charge in [-0.1, -0.05) is 46.3 Å². The van der Waals surface area contributed by atoms with Crippen LogP contribution in [0.25, 0.3) is 5.57 Å². The summed E-state index contributed by atoms with van der Waals surface area (Å²) < 4.78 is 0.504. The lowest BCUT2D eigenvalue weighted by molar-refractivity contribution is -0.418. The molecule has 0 aliphatic heterocycles. The lowest BCUT2D eigenvalue weighted by Gasteiger charge is -2.26. The first kappa shape index (κ1) is 13.9. The number of allylic oxidation sites excluding steroid dienone is 1. The van der Waals surface area contributed by atoms with Gasteiger partial charge in [0.2, 0.25) is 0 Å². The van der Waals surface area contributed by atoms with Crippen molar-refractivity contribution in [1.29, 1.82) is 0 Å². The molecule has 0 bridgehead atoms. The van der Waals surface area contributed by atoms with Crippen molar-refractivity contribution in [3.05, 3.63) is 62.3 Å². The fraction of sp³-hybridized carbons (Fsp3) is 0.231. The van der Waals surface area contributed by atoms with Crippen LogP contribution in [0.2, 0.25) is 0 Å². The van der Waals surface area contributed by atoms with Crippen LogP contribution < -0.4 is 0 Å². The van der Waals surface area contributed by atoms with Crippen molar-refractivity contribution in [2.75, 3.05) is 6.61 Å². The van der Waals surface area contributed by atoms with Gasteiger partial charge in [0.05, 0.1) is 17.1 Å². The number of nitrogens with zero attached hydrogens (tertiary/aromatic N) is 1. The molecule has 0 heterocycles. The Morgan fingerprint density at radius 2 is 2.00 bits per heavy atom. The van der Waals surface area contributed by atoms with Crippen LogP contribution in [0.1, 0.15) is 12.0 Å². The third kappa shape index (κ3) is 2.75. The van der Waals surface area contributed by atoms with E-state index < -0.39 is 17.1 Å². The van der Waals surface area contributed by atoms with Gasteiger partial charge in [0, 0.05) is 17.0 Å². The zero-order valence-corrected chi connectivity index (χ0v) is 11.5. The monoisotopic (exact) mass is 325 g/mol. The van der Waals surface area contributed by atoms with E-state index in [4.69, 9.17) is 5.11 Å². The smallest absolute Gasteiger partial charge is 0.277 e. The van der Waals surface area contributed by atoms with Crippen LogP contribution in [0.3, 0.4) is 0 Å². The molecule has 1 unspecified atom stereocenters. The number of hydrogen-bond acceptors (Lipinski definition) is 4. The summed E-state index contributed by atoms with van der Waals surface area (Å²) in [6, 6.07) is 8.91. The van der Waals surface area contributed by atoms with Gasteiger partial charge in [0.15, 0.2) is 0 Å². The quantitative estimate of drug-likeness (QED) is 0.658. The van der Waals surface area contributed by atoms with E-state index in [2.05, 4.69) is 15.9 Å². The molecule has 1 aromatic carbocycles. The lowest BCUT2D eigenvalue weighted by Crippen LogP contribution is -2.34. The number of hydrogen-bond donors (Lipinski definition) is 2. The van der Waals surface area contributed by atoms with Crippen molar-refractivity contribution in [3.63, 3.8) is 0 Å². The minimum atomic E-state index is -1.60. The maximum absolute atomic E-state index is 11.2. The molecule has 1 atom stereocenters. The van der Waals surface area contributed by atoms with E-state index in [0.717, 1.165) is 6.08 Å². The summed E-state index contributed by atoms with van der Waals surface area (Å²) >= 11 is 3.28. The van der Waals surface area contributed by atoms with E-state index in [1.165, 1.54) is 0 Å². The molecule has 0 aromatic heterocycles. The molecule has 0 fully saturated rings. The van der Waals surface area contributed by atoms with E-state index in [-0.39, 0.29) is 12.1 Å². The highest BCUT2D eigenvalue weighted by atomic mass is 79.9. The van der Waals surface area contributed by atoms with E-state index in [9.17, 15) is 15.2 Å². The molecule has 6 heteroatoms. The molecule has 0 amide bonds. The molecule has 2 rings (SSSR count). The average Bonchev–Trinajstić information content (AvgIpc) is 2.39. The Kier molecular flexibility index (Phi) is 3.84. The second kappa shape index (κ2) is 5.24. The number of benzene rings is 1. The van der Waals surface area contributed by atoms with Crippen LogP contribution in [0.15, 0.2) is 46.6 Å². The molecule has 1 aliphatic carbocycles. The van der Waals surface area contributed by atoms with Gasteiger partial charge in [-0.2, -0.15) is 0 Å². The Labute approximate surface area is 118 Å². The summed E-state index contributed by atoms with van der Waals surface area (Å²) in [5, 5.41) is 30.4. The number of halogens is 1. The molecule has 5 nitrogen and oxygen atoms in total. The summed E-state index contributed by atoms with van der Waals surface area (Å²) in [4.78, 5) is 10.6. The maximum Gasteiger partial charge on any atom is 0.277 e. The van der Waals surface area contributed by atoms with Crippen molar-refractivity contribution in [1.82, 2.24) is 0 Å². The summed E-state index contributed by atoms with van der Waals surface area (Å²) in [6.45, 7) is -0.568. The Hall–Kier alpha value is -1.50. The Morgan fingerprint density at radius 3 is 2.53 bits per heavy atom. The van der Waals surface area contributed by atoms with Crippen LogP contribution in [-0.4, -0.2) is 27.3 Å². The standard InChI is InChI=1S/C13H12BrNO4/c14-10-6-13(17,8-16)7-11(15(18)19)12(10)9-4-2-1-3-5-9/h1-5,7,16-17H,6,8H2. The van der Waals surface area contributed by atoms with Crippen molar-refractivity contribution in [3.8, 4) is 0 Å². The van der Waals surface area contributed by atoms with Crippen LogP contribution >= 0.6 is 15.9 Å². The van der Waals surface area contributed by atoms with Crippen LogP contribution in [-0.2, 0) is 0 Å². The topological polar surface area (TPSA) is 83.6 Å². The van der Waals surface area contributed by atoms with Crippen LogP contribution in [0, 0.1) is 10.1 Å². The fourth-order valence-corrected chi connectivity index (χ4v) is 2.95. The highest BCUT2D eigenvalue weighted by molar-refractivity contribution is 9.11. The SMILES string of the molecule is O=[N+]([O-])C1=CC(O)(CO)CC(Br)=C1c1ccccc1. The number of rotatable bonds is 3. The molecule has 19 heavy (non-hydrogen) atoms. The Balaban J connectivity index is 2.57. The Bertz CT molecular complexity index is 567. The largest absolute Gasteiger partial charge is 0.393 e. The summed E-state index contributed by atoms with van der Waals surface area (Å²) in [5.74, 6) is 0. The van der Waals surface area contributed by atoms with Crippen molar-refractivity contribution >= 4 is 21.5 Å². The van der Waals surface area contributed by atoms with E-state index in [1.54, 1.807) is 24.3 Å². The predicted molar refractivity (Wildman–Crippen MR) is 74.0 cm³/mol. The van der Waals surface area contributed by atoms with Gasteiger partial charge in [-0.25, -0.2) is 0 Å². The van der Waals surface area contributed by atoms with Gasteiger partial charge < -0.3 is 10.2 Å². The van der Waals surface area contributed by atoms with Crippen molar-refractivity contribution in [2.45, 2.75) is 12.0 Å². The maximum atomic E-state index is 11.2. The molecular formula is C13H12BrNO4. The average molecular weight is 326 g/mol. The zero-order valence-electron chi connectivity index (χ0n) is 9.91. The van der Waals surface area contributed by atoms with Gasteiger partial charge in [0.25, 0.3) is 5.70 Å². The van der Waals surface area contributed by atoms with Gasteiger partial charge in [-0.05, 0) is 5.56 Å². The minimum absolute atomic E-state index is 0.102. The molecule has 1 aliphatic rings. The minimum Gasteiger partial charge on any atom is -0.393 e. The lowest BCUT2D eigenvalue weighted by atomic mass is 9.88. The first-order valence-corrected chi connectivity index (χ1v) is 6.41. The first-order chi connectivity index (χ1) is 8.97. The van der Waals surface area contributed by atoms with Gasteiger partial charge >= 0.3 is 0 Å². The van der Waals surface area contributed by atoms with Gasteiger partial charge in [-0.15, -0.1) is 0 Å². The third-order valence-corrected chi connectivity index (χ3v) is 3.60. The van der Waals surface area contributed by atoms with Crippen molar-refractivity contribution in [2.24, 2.45) is 0 Å². The second-order valence-electron chi connectivity index (χ2n) is 4.37. The summed E-state index contributed by atoms with van der Waals surface area (Å²) in [5.41, 5.74) is -0.679. The fourth-order valence-electron chi connectivity index (χ4n) is 2.03. The molecule has 2 N–H and O–H groups in total. The number of aliphatic hydroxyl groups is 2. The van der Waals surface area contributed by atoms with Crippen LogP contribution in [0.4, 0.5) is 0 Å². The van der Waals surface area contributed by atoms with Crippen molar-refractivity contribution < 1.29 is 15.1 Å². The summed E-state index contributed by atoms with van der Waals surface area (Å²) in [6.07, 6.45) is 1.21. The molecular weight excluding hydrogens is 314 g/mol. The molecule has 0 saturated heterocycles. The predicted octanol–water partition coefficient (Wildman–Crippen LogP) is 2.08. The Morgan fingerprint density at radius 1 is 1.37 bits per heavy atom. The first-order valence-electron chi connectivity index (χ1n) is 5.62. The van der Waals surface area contributed by atoms with E-state index in [1.807, 2.05) is 6.07 Å². The highest BCUT2D eigenvalue weighted by Crippen LogP contribution is 2.40. The van der Waals surface area contributed by atoms with E-state index in [0.29, 0.717) is 15.6 Å². The van der Waals surface area contributed by atoms with Gasteiger partial charge in [0.1, 0.15) is 5.60 Å². The third-order valence-electron chi connectivity index (χ3n) is 2.93. The molecule has 0 saturated carbocycles. The number of nitro groups is 1. The van der Waals surface area contributed by atoms with E-state index >= 15 is 0 Å². The van der Waals surface area contributed by atoms with Crippen LogP contribution in [0.5, 0.6) is 0 Å².